The predicted molar refractivity (Wildman–Crippen MR) is 70.4 cm³/mol. The number of carbonyl (C=O) groups is 1. The molecule has 5 nitrogen and oxygen atoms in total. The maximum absolute atomic E-state index is 12.2. The predicted octanol–water partition coefficient (Wildman–Crippen LogP) is 0.657. The van der Waals surface area contributed by atoms with E-state index in [2.05, 4.69) is 0 Å². The molecule has 0 aliphatic carbocycles. The number of hydrogen-bond acceptors (Lipinski definition) is 4. The minimum Gasteiger partial charge on any atom is -0.398 e. The van der Waals surface area contributed by atoms with Crippen molar-refractivity contribution in [3.05, 3.63) is 29.3 Å². The van der Waals surface area contributed by atoms with E-state index in [9.17, 15) is 9.90 Å². The number of rotatable bonds is 5. The largest absolute Gasteiger partial charge is 0.398 e. The summed E-state index contributed by atoms with van der Waals surface area (Å²) >= 11 is 0. The van der Waals surface area contributed by atoms with Crippen LogP contribution in [0.4, 0.5) is 5.69 Å². The van der Waals surface area contributed by atoms with Crippen molar-refractivity contribution in [2.45, 2.75) is 13.0 Å². The summed E-state index contributed by atoms with van der Waals surface area (Å²) in [5.74, 6) is -0.194. The number of benzene rings is 1. The van der Waals surface area contributed by atoms with Gasteiger partial charge in [0.05, 0.1) is 18.3 Å². The highest BCUT2D eigenvalue weighted by Crippen LogP contribution is 2.18. The fourth-order valence-electron chi connectivity index (χ4n) is 1.82. The standard InChI is InChI=1S/C13H20N2O3/c1-9-5-4-6-11(14)12(9)13(17)15(2)7-10(16)8-18-3/h4-6,10,16H,7-8,14H2,1-3H3. The lowest BCUT2D eigenvalue weighted by Gasteiger charge is -2.22. The summed E-state index contributed by atoms with van der Waals surface area (Å²) in [4.78, 5) is 13.7. The Bertz CT molecular complexity index is 400. The Hall–Kier alpha value is -1.59. The van der Waals surface area contributed by atoms with Gasteiger partial charge in [0, 0.05) is 26.4 Å². The third-order valence-corrected chi connectivity index (χ3v) is 2.71. The Kier molecular flexibility index (Phi) is 5.12. The van der Waals surface area contributed by atoms with Crippen LogP contribution in [0.5, 0.6) is 0 Å². The number of aliphatic hydroxyl groups is 1. The number of nitrogens with zero attached hydrogens (tertiary/aromatic N) is 1. The molecule has 18 heavy (non-hydrogen) atoms. The summed E-state index contributed by atoms with van der Waals surface area (Å²) in [6.07, 6.45) is -0.700. The molecular formula is C13H20N2O3. The Balaban J connectivity index is 2.81. The first kappa shape index (κ1) is 14.5. The van der Waals surface area contributed by atoms with Gasteiger partial charge in [0.15, 0.2) is 0 Å². The number of methoxy groups -OCH3 is 1. The highest BCUT2D eigenvalue weighted by atomic mass is 16.5. The van der Waals surface area contributed by atoms with Gasteiger partial charge in [-0.2, -0.15) is 0 Å². The maximum atomic E-state index is 12.2. The zero-order chi connectivity index (χ0) is 13.7. The van der Waals surface area contributed by atoms with Crippen LogP contribution < -0.4 is 5.73 Å². The van der Waals surface area contributed by atoms with E-state index in [0.717, 1.165) is 5.56 Å². The number of nitrogens with two attached hydrogens (primary N) is 1. The van der Waals surface area contributed by atoms with E-state index in [1.165, 1.54) is 12.0 Å². The number of carbonyl (C=O) groups excluding carboxylic acids is 1. The van der Waals surface area contributed by atoms with Crippen LogP contribution in [0.15, 0.2) is 18.2 Å². The molecule has 0 aliphatic rings. The first-order valence-corrected chi connectivity index (χ1v) is 5.75. The molecule has 0 aliphatic heterocycles. The summed E-state index contributed by atoms with van der Waals surface area (Å²) in [6.45, 7) is 2.24. The van der Waals surface area contributed by atoms with Crippen LogP contribution in [0, 0.1) is 6.92 Å². The second-order valence-electron chi connectivity index (χ2n) is 4.33. The fraction of sp³-hybridized carbons (Fsp3) is 0.462. The van der Waals surface area contributed by atoms with E-state index in [1.54, 1.807) is 19.2 Å². The van der Waals surface area contributed by atoms with Crippen LogP contribution >= 0.6 is 0 Å². The van der Waals surface area contributed by atoms with Crippen molar-refractivity contribution in [2.24, 2.45) is 0 Å². The Morgan fingerprint density at radius 1 is 1.56 bits per heavy atom. The summed E-state index contributed by atoms with van der Waals surface area (Å²) in [6, 6.07) is 5.34. The molecule has 0 heterocycles. The lowest BCUT2D eigenvalue weighted by Crippen LogP contribution is -2.36. The molecule has 5 heteroatoms. The van der Waals surface area contributed by atoms with Crippen molar-refractivity contribution in [1.82, 2.24) is 4.90 Å². The summed E-state index contributed by atoms with van der Waals surface area (Å²) in [5.41, 5.74) is 7.58. The number of amides is 1. The van der Waals surface area contributed by atoms with Crippen molar-refractivity contribution in [3.8, 4) is 0 Å². The molecule has 1 rings (SSSR count). The first-order chi connectivity index (χ1) is 8.47. The van der Waals surface area contributed by atoms with Crippen molar-refractivity contribution >= 4 is 11.6 Å². The van der Waals surface area contributed by atoms with Crippen molar-refractivity contribution in [1.29, 1.82) is 0 Å². The summed E-state index contributed by atoms with van der Waals surface area (Å²) in [5, 5.41) is 9.60. The molecule has 0 saturated heterocycles. The average Bonchev–Trinajstić information content (AvgIpc) is 2.28. The van der Waals surface area contributed by atoms with E-state index >= 15 is 0 Å². The van der Waals surface area contributed by atoms with Crippen molar-refractivity contribution in [2.75, 3.05) is 33.0 Å². The molecule has 100 valence electrons. The van der Waals surface area contributed by atoms with Gasteiger partial charge >= 0.3 is 0 Å². The Labute approximate surface area is 107 Å². The third kappa shape index (κ3) is 3.45. The molecule has 1 unspecified atom stereocenters. The second-order valence-corrected chi connectivity index (χ2v) is 4.33. The van der Waals surface area contributed by atoms with Crippen LogP contribution in [0.2, 0.25) is 0 Å². The van der Waals surface area contributed by atoms with Crippen molar-refractivity contribution < 1.29 is 14.6 Å². The number of ether oxygens (including phenoxy) is 1. The van der Waals surface area contributed by atoms with Gasteiger partial charge in [0.2, 0.25) is 0 Å². The van der Waals surface area contributed by atoms with E-state index in [-0.39, 0.29) is 19.1 Å². The highest BCUT2D eigenvalue weighted by molar-refractivity contribution is 6.00. The van der Waals surface area contributed by atoms with Crippen molar-refractivity contribution in [3.63, 3.8) is 0 Å². The monoisotopic (exact) mass is 252 g/mol. The molecule has 0 spiro atoms. The molecule has 1 atom stereocenters. The van der Waals surface area contributed by atoms with Crippen LogP contribution in [0.1, 0.15) is 15.9 Å². The Morgan fingerprint density at radius 2 is 2.22 bits per heavy atom. The molecule has 3 N–H and O–H groups in total. The molecule has 0 fully saturated rings. The smallest absolute Gasteiger partial charge is 0.256 e. The number of nitrogen functional groups attached to an aromatic ring is 1. The molecule has 0 aromatic heterocycles. The molecule has 0 saturated carbocycles. The van der Waals surface area contributed by atoms with Gasteiger partial charge in [-0.15, -0.1) is 0 Å². The minimum atomic E-state index is -0.700. The van der Waals surface area contributed by atoms with Gasteiger partial charge in [0.1, 0.15) is 0 Å². The van der Waals surface area contributed by atoms with Gasteiger partial charge in [-0.25, -0.2) is 0 Å². The van der Waals surface area contributed by atoms with E-state index in [0.29, 0.717) is 11.3 Å². The number of hydrogen-bond donors (Lipinski definition) is 2. The number of aliphatic hydroxyl groups excluding tert-OH is 1. The zero-order valence-electron chi connectivity index (χ0n) is 11.0. The first-order valence-electron chi connectivity index (χ1n) is 5.75. The molecule has 0 bridgehead atoms. The van der Waals surface area contributed by atoms with Crippen LogP contribution in [-0.2, 0) is 4.74 Å². The van der Waals surface area contributed by atoms with Crippen LogP contribution in [0.25, 0.3) is 0 Å². The maximum Gasteiger partial charge on any atom is 0.256 e. The lowest BCUT2D eigenvalue weighted by atomic mass is 10.1. The topological polar surface area (TPSA) is 75.8 Å². The lowest BCUT2D eigenvalue weighted by molar-refractivity contribution is 0.0380. The molecule has 1 aromatic rings. The molecule has 1 amide bonds. The second kappa shape index (κ2) is 6.37. The van der Waals surface area contributed by atoms with E-state index < -0.39 is 6.10 Å². The average molecular weight is 252 g/mol. The SMILES string of the molecule is COCC(O)CN(C)C(=O)c1c(C)cccc1N. The Morgan fingerprint density at radius 3 is 2.78 bits per heavy atom. The van der Waals surface area contributed by atoms with Gasteiger partial charge in [-0.1, -0.05) is 12.1 Å². The highest BCUT2D eigenvalue weighted by Gasteiger charge is 2.19. The molecule has 0 radical (unpaired) electrons. The van der Waals surface area contributed by atoms with E-state index in [1.807, 2.05) is 13.0 Å². The molecular weight excluding hydrogens is 232 g/mol. The van der Waals surface area contributed by atoms with Gasteiger partial charge in [-0.3, -0.25) is 4.79 Å². The van der Waals surface area contributed by atoms with Gasteiger partial charge in [0.25, 0.3) is 5.91 Å². The van der Waals surface area contributed by atoms with Gasteiger partial charge in [-0.05, 0) is 18.6 Å². The number of anilines is 1. The zero-order valence-corrected chi connectivity index (χ0v) is 11.0. The van der Waals surface area contributed by atoms with Crippen LogP contribution in [0.3, 0.4) is 0 Å². The quantitative estimate of drug-likeness (QED) is 0.755. The minimum absolute atomic E-state index is 0.194. The van der Waals surface area contributed by atoms with Crippen LogP contribution in [-0.4, -0.2) is 49.3 Å². The normalized spacial score (nSPS) is 12.2. The van der Waals surface area contributed by atoms with E-state index in [4.69, 9.17) is 10.5 Å². The summed E-state index contributed by atoms with van der Waals surface area (Å²) in [7, 11) is 3.14. The molecule has 1 aromatic carbocycles. The fourth-order valence-corrected chi connectivity index (χ4v) is 1.82. The number of likely N-dealkylation sites (N-methyl/N-ethyl adjacent to an activating group) is 1. The summed E-state index contributed by atoms with van der Waals surface area (Å²) < 4.78 is 4.82. The third-order valence-electron chi connectivity index (χ3n) is 2.71. The van der Waals surface area contributed by atoms with Gasteiger partial charge < -0.3 is 20.5 Å². The number of aryl methyl sites for hydroxylation is 1.